The summed E-state index contributed by atoms with van der Waals surface area (Å²) in [5, 5.41) is 12.0. The maximum absolute atomic E-state index is 11.8. The number of amides is 1. The molecular formula is C11H12N4OS. The molecule has 2 aromatic rings. The van der Waals surface area contributed by atoms with Crippen molar-refractivity contribution in [2.24, 2.45) is 0 Å². The van der Waals surface area contributed by atoms with E-state index in [0.717, 1.165) is 5.01 Å². The summed E-state index contributed by atoms with van der Waals surface area (Å²) in [5.74, 6) is 0.0464. The van der Waals surface area contributed by atoms with Crippen LogP contribution in [-0.2, 0) is 0 Å². The monoisotopic (exact) mass is 248 g/mol. The molecule has 2 rings (SSSR count). The number of rotatable bonds is 3. The van der Waals surface area contributed by atoms with Gasteiger partial charge in [-0.2, -0.15) is 0 Å². The number of hydrogen-bond acceptors (Lipinski definition) is 5. The van der Waals surface area contributed by atoms with Gasteiger partial charge >= 0.3 is 0 Å². The predicted octanol–water partition coefficient (Wildman–Crippen LogP) is 2.31. The van der Waals surface area contributed by atoms with E-state index in [1.165, 1.54) is 11.3 Å². The lowest BCUT2D eigenvalue weighted by atomic mass is 10.2. The maximum Gasteiger partial charge on any atom is 0.276 e. The largest absolute Gasteiger partial charge is 0.295 e. The normalized spacial score (nSPS) is 10.5. The first-order chi connectivity index (χ1) is 8.16. The van der Waals surface area contributed by atoms with Crippen LogP contribution in [0, 0.1) is 0 Å². The zero-order chi connectivity index (χ0) is 12.3. The molecule has 6 heteroatoms. The summed E-state index contributed by atoms with van der Waals surface area (Å²) < 4.78 is 0. The maximum atomic E-state index is 11.8. The van der Waals surface area contributed by atoms with Gasteiger partial charge in [-0.25, -0.2) is 0 Å². The smallest absolute Gasteiger partial charge is 0.276 e. The highest BCUT2D eigenvalue weighted by atomic mass is 32.1. The van der Waals surface area contributed by atoms with Gasteiger partial charge in [-0.15, -0.1) is 10.2 Å². The first-order valence-electron chi connectivity index (χ1n) is 5.22. The Kier molecular flexibility index (Phi) is 3.43. The summed E-state index contributed by atoms with van der Waals surface area (Å²) in [7, 11) is 0. The molecule has 0 fully saturated rings. The van der Waals surface area contributed by atoms with Gasteiger partial charge in [-0.1, -0.05) is 31.3 Å². The van der Waals surface area contributed by atoms with Crippen molar-refractivity contribution in [1.29, 1.82) is 0 Å². The molecule has 0 spiro atoms. The molecule has 0 saturated carbocycles. The fourth-order valence-corrected chi connectivity index (χ4v) is 1.92. The molecule has 17 heavy (non-hydrogen) atoms. The summed E-state index contributed by atoms with van der Waals surface area (Å²) in [5.41, 5.74) is 0.369. The second-order valence-corrected chi connectivity index (χ2v) is 4.78. The van der Waals surface area contributed by atoms with Crippen LogP contribution in [0.4, 0.5) is 5.13 Å². The SMILES string of the molecule is CC(C)c1nnc(NC(=O)c2ccccn2)s1. The molecule has 2 aromatic heterocycles. The minimum Gasteiger partial charge on any atom is -0.295 e. The van der Waals surface area contributed by atoms with Gasteiger partial charge in [-0.3, -0.25) is 15.1 Å². The van der Waals surface area contributed by atoms with E-state index in [9.17, 15) is 4.79 Å². The molecule has 2 heterocycles. The Morgan fingerprint density at radius 1 is 1.35 bits per heavy atom. The van der Waals surface area contributed by atoms with Crippen LogP contribution in [0.3, 0.4) is 0 Å². The van der Waals surface area contributed by atoms with Crippen LogP contribution in [-0.4, -0.2) is 21.1 Å². The number of nitrogens with zero attached hydrogens (tertiary/aromatic N) is 3. The molecule has 88 valence electrons. The Labute approximate surface area is 103 Å². The fraction of sp³-hybridized carbons (Fsp3) is 0.273. The van der Waals surface area contributed by atoms with E-state index < -0.39 is 0 Å². The highest BCUT2D eigenvalue weighted by molar-refractivity contribution is 7.15. The van der Waals surface area contributed by atoms with E-state index in [4.69, 9.17) is 0 Å². The van der Waals surface area contributed by atoms with E-state index in [2.05, 4.69) is 20.5 Å². The van der Waals surface area contributed by atoms with Crippen molar-refractivity contribution in [3.8, 4) is 0 Å². The van der Waals surface area contributed by atoms with Crippen LogP contribution in [0.1, 0.15) is 35.3 Å². The molecule has 1 amide bonds. The van der Waals surface area contributed by atoms with Gasteiger partial charge in [0, 0.05) is 12.1 Å². The summed E-state index contributed by atoms with van der Waals surface area (Å²) in [6.07, 6.45) is 1.58. The second kappa shape index (κ2) is 5.01. The number of aromatic nitrogens is 3. The number of anilines is 1. The number of nitrogens with one attached hydrogen (secondary N) is 1. The first kappa shape index (κ1) is 11.7. The average Bonchev–Trinajstić information content (AvgIpc) is 2.79. The van der Waals surface area contributed by atoms with E-state index in [0.29, 0.717) is 16.7 Å². The minimum absolute atomic E-state index is 0.267. The molecule has 0 aliphatic carbocycles. The number of pyridine rings is 1. The summed E-state index contributed by atoms with van der Waals surface area (Å²) >= 11 is 1.38. The summed E-state index contributed by atoms with van der Waals surface area (Å²) in [4.78, 5) is 15.7. The Morgan fingerprint density at radius 2 is 2.18 bits per heavy atom. The van der Waals surface area contributed by atoms with Gasteiger partial charge in [0.05, 0.1) is 0 Å². The van der Waals surface area contributed by atoms with Crippen molar-refractivity contribution in [1.82, 2.24) is 15.2 Å². The lowest BCUT2D eigenvalue weighted by Gasteiger charge is -1.99. The van der Waals surface area contributed by atoms with Gasteiger partial charge in [0.25, 0.3) is 5.91 Å². The minimum atomic E-state index is -0.267. The van der Waals surface area contributed by atoms with Crippen LogP contribution in [0.2, 0.25) is 0 Å². The number of carbonyl (C=O) groups is 1. The molecule has 0 saturated heterocycles. The second-order valence-electron chi connectivity index (χ2n) is 3.77. The van der Waals surface area contributed by atoms with Gasteiger partial charge in [0.1, 0.15) is 10.7 Å². The number of hydrogen-bond donors (Lipinski definition) is 1. The van der Waals surface area contributed by atoms with Crippen LogP contribution in [0.15, 0.2) is 24.4 Å². The Balaban J connectivity index is 2.08. The van der Waals surface area contributed by atoms with Crippen LogP contribution in [0.5, 0.6) is 0 Å². The summed E-state index contributed by atoms with van der Waals surface area (Å²) in [6, 6.07) is 5.18. The molecular weight excluding hydrogens is 236 g/mol. The van der Waals surface area contributed by atoms with Gasteiger partial charge in [-0.05, 0) is 12.1 Å². The van der Waals surface area contributed by atoms with E-state index in [-0.39, 0.29) is 5.91 Å². The predicted molar refractivity (Wildman–Crippen MR) is 66.2 cm³/mol. The van der Waals surface area contributed by atoms with Crippen LogP contribution < -0.4 is 5.32 Å². The standard InChI is InChI=1S/C11H12N4OS/c1-7(2)10-14-15-11(17-10)13-9(16)8-5-3-4-6-12-8/h3-7H,1-2H3,(H,13,15,16). The average molecular weight is 248 g/mol. The molecule has 1 N–H and O–H groups in total. The first-order valence-corrected chi connectivity index (χ1v) is 6.04. The number of carbonyl (C=O) groups excluding carboxylic acids is 1. The van der Waals surface area contributed by atoms with Crippen molar-refractivity contribution in [3.05, 3.63) is 35.1 Å². The lowest BCUT2D eigenvalue weighted by Crippen LogP contribution is -2.13. The fourth-order valence-electron chi connectivity index (χ4n) is 1.18. The molecule has 5 nitrogen and oxygen atoms in total. The quantitative estimate of drug-likeness (QED) is 0.905. The van der Waals surface area contributed by atoms with Crippen molar-refractivity contribution in [2.75, 3.05) is 5.32 Å². The van der Waals surface area contributed by atoms with E-state index in [1.54, 1.807) is 24.4 Å². The molecule has 0 bridgehead atoms. The van der Waals surface area contributed by atoms with Crippen molar-refractivity contribution >= 4 is 22.4 Å². The Hall–Kier alpha value is -1.82. The highest BCUT2D eigenvalue weighted by Crippen LogP contribution is 2.22. The Bertz CT molecular complexity index is 509. The molecule has 0 unspecified atom stereocenters. The molecule has 0 atom stereocenters. The van der Waals surface area contributed by atoms with E-state index in [1.807, 2.05) is 13.8 Å². The van der Waals surface area contributed by atoms with Crippen molar-refractivity contribution in [3.63, 3.8) is 0 Å². The van der Waals surface area contributed by atoms with Crippen LogP contribution in [0.25, 0.3) is 0 Å². The van der Waals surface area contributed by atoms with Crippen LogP contribution >= 0.6 is 11.3 Å². The molecule has 0 aliphatic heterocycles. The van der Waals surface area contributed by atoms with Crippen molar-refractivity contribution < 1.29 is 4.79 Å². The van der Waals surface area contributed by atoms with Gasteiger partial charge in [0.2, 0.25) is 5.13 Å². The zero-order valence-electron chi connectivity index (χ0n) is 9.54. The zero-order valence-corrected chi connectivity index (χ0v) is 10.4. The third-order valence-corrected chi connectivity index (χ3v) is 3.19. The highest BCUT2D eigenvalue weighted by Gasteiger charge is 2.12. The van der Waals surface area contributed by atoms with E-state index >= 15 is 0 Å². The molecule has 0 aromatic carbocycles. The lowest BCUT2D eigenvalue weighted by molar-refractivity contribution is 0.102. The third kappa shape index (κ3) is 2.85. The van der Waals surface area contributed by atoms with Gasteiger partial charge in [0.15, 0.2) is 0 Å². The topological polar surface area (TPSA) is 67.8 Å². The third-order valence-electron chi connectivity index (χ3n) is 2.05. The van der Waals surface area contributed by atoms with Crippen molar-refractivity contribution in [2.45, 2.75) is 19.8 Å². The molecule has 0 radical (unpaired) electrons. The summed E-state index contributed by atoms with van der Waals surface area (Å²) in [6.45, 7) is 4.07. The Morgan fingerprint density at radius 3 is 2.76 bits per heavy atom. The molecule has 0 aliphatic rings. The van der Waals surface area contributed by atoms with Gasteiger partial charge < -0.3 is 0 Å².